The molecule has 4 rings (SSSR count). The molecule has 1 saturated carbocycles. The van der Waals surface area contributed by atoms with Gasteiger partial charge >= 0.3 is 0 Å². The number of hydrogen-bond acceptors (Lipinski definition) is 1. The zero-order chi connectivity index (χ0) is 24.8. The van der Waals surface area contributed by atoms with Gasteiger partial charge in [-0.25, -0.2) is 8.78 Å². The molecule has 0 radical (unpaired) electrons. The van der Waals surface area contributed by atoms with Gasteiger partial charge in [0.2, 0.25) is 5.82 Å². The Morgan fingerprint density at radius 2 is 1.49 bits per heavy atom. The van der Waals surface area contributed by atoms with Crippen molar-refractivity contribution in [3.8, 4) is 28.0 Å². The minimum Gasteiger partial charge on any atom is -0.490 e. The molecule has 0 spiro atoms. The van der Waals surface area contributed by atoms with E-state index in [0.29, 0.717) is 35.1 Å². The molecular weight excluding hydrogens is 445 g/mol. The Labute approximate surface area is 206 Å². The Hall–Kier alpha value is -3.01. The zero-order valence-electron chi connectivity index (χ0n) is 20.5. The Morgan fingerprint density at radius 1 is 0.829 bits per heavy atom. The van der Waals surface area contributed by atoms with Gasteiger partial charge < -0.3 is 4.74 Å². The standard InChI is InChI=1S/C31H33F3O/c1-3-5-19-35-29-18-17-27(30(33)31(29)34)24-13-11-23(12-14-24)26-16-15-25(20-28(26)32)22-9-7-21(6-4-2)8-10-22/h4,6,11-18,20-22H,3,5,7-10,19H2,1-2H3. The van der Waals surface area contributed by atoms with Gasteiger partial charge in [-0.2, -0.15) is 4.39 Å². The lowest BCUT2D eigenvalue weighted by Gasteiger charge is -2.27. The van der Waals surface area contributed by atoms with Crippen LogP contribution in [0.25, 0.3) is 22.3 Å². The molecule has 1 aliphatic carbocycles. The van der Waals surface area contributed by atoms with Gasteiger partial charge in [-0.1, -0.05) is 61.9 Å². The number of ether oxygens (including phenoxy) is 1. The maximum atomic E-state index is 15.1. The third-order valence-electron chi connectivity index (χ3n) is 7.01. The topological polar surface area (TPSA) is 9.23 Å². The predicted molar refractivity (Wildman–Crippen MR) is 137 cm³/mol. The minimum absolute atomic E-state index is 0.0752. The van der Waals surface area contributed by atoms with Crippen LogP contribution in [0.4, 0.5) is 13.2 Å². The Bertz CT molecular complexity index is 1160. The van der Waals surface area contributed by atoms with Gasteiger partial charge in [0.1, 0.15) is 5.82 Å². The summed E-state index contributed by atoms with van der Waals surface area (Å²) in [6, 6.07) is 15.4. The van der Waals surface area contributed by atoms with Crippen molar-refractivity contribution in [2.45, 2.75) is 58.3 Å². The molecule has 0 bridgehead atoms. The fourth-order valence-electron chi connectivity index (χ4n) is 4.96. The van der Waals surface area contributed by atoms with E-state index in [-0.39, 0.29) is 17.1 Å². The van der Waals surface area contributed by atoms with Gasteiger partial charge in [0.15, 0.2) is 11.6 Å². The third kappa shape index (κ3) is 5.80. The molecule has 1 aliphatic rings. The predicted octanol–water partition coefficient (Wildman–Crippen LogP) is 9.47. The fraction of sp³-hybridized carbons (Fsp3) is 0.355. The van der Waals surface area contributed by atoms with Crippen LogP contribution in [-0.4, -0.2) is 6.61 Å². The highest BCUT2D eigenvalue weighted by atomic mass is 19.2. The van der Waals surface area contributed by atoms with E-state index in [1.807, 2.05) is 19.1 Å². The first-order valence-electron chi connectivity index (χ1n) is 12.7. The summed E-state index contributed by atoms with van der Waals surface area (Å²) in [5.41, 5.74) is 2.95. The summed E-state index contributed by atoms with van der Waals surface area (Å²) in [5, 5.41) is 0. The van der Waals surface area contributed by atoms with Gasteiger partial charge in [-0.3, -0.25) is 0 Å². The smallest absolute Gasteiger partial charge is 0.201 e. The van der Waals surface area contributed by atoms with Gasteiger partial charge in [0.25, 0.3) is 0 Å². The summed E-state index contributed by atoms with van der Waals surface area (Å²) >= 11 is 0. The maximum Gasteiger partial charge on any atom is 0.201 e. The molecule has 35 heavy (non-hydrogen) atoms. The van der Waals surface area contributed by atoms with Crippen LogP contribution < -0.4 is 4.74 Å². The normalized spacial score (nSPS) is 18.2. The molecule has 1 fully saturated rings. The Morgan fingerprint density at radius 3 is 2.11 bits per heavy atom. The van der Waals surface area contributed by atoms with Crippen LogP contribution in [0.15, 0.2) is 66.7 Å². The van der Waals surface area contributed by atoms with Crippen LogP contribution in [0.3, 0.4) is 0 Å². The van der Waals surface area contributed by atoms with Crippen molar-refractivity contribution in [2.24, 2.45) is 5.92 Å². The number of halogens is 3. The molecule has 0 atom stereocenters. The second kappa shape index (κ2) is 11.6. The van der Waals surface area contributed by atoms with Crippen molar-refractivity contribution in [2.75, 3.05) is 6.61 Å². The van der Waals surface area contributed by atoms with E-state index in [1.54, 1.807) is 30.3 Å². The summed E-state index contributed by atoms with van der Waals surface area (Å²) in [4.78, 5) is 0. The summed E-state index contributed by atoms with van der Waals surface area (Å²) in [6.45, 7) is 4.41. The average molecular weight is 479 g/mol. The fourth-order valence-corrected chi connectivity index (χ4v) is 4.96. The molecule has 0 N–H and O–H groups in total. The number of allylic oxidation sites excluding steroid dienone is 2. The van der Waals surface area contributed by atoms with Crippen molar-refractivity contribution in [3.05, 3.63) is 89.8 Å². The van der Waals surface area contributed by atoms with Crippen molar-refractivity contribution in [1.82, 2.24) is 0 Å². The molecule has 0 saturated heterocycles. The lowest BCUT2D eigenvalue weighted by atomic mass is 9.78. The van der Waals surface area contributed by atoms with E-state index < -0.39 is 11.6 Å². The van der Waals surface area contributed by atoms with Gasteiger partial charge in [0, 0.05) is 11.1 Å². The van der Waals surface area contributed by atoms with Crippen molar-refractivity contribution in [3.63, 3.8) is 0 Å². The number of unbranched alkanes of at least 4 members (excludes halogenated alkanes) is 1. The first kappa shape index (κ1) is 25.1. The summed E-state index contributed by atoms with van der Waals surface area (Å²) in [5.74, 6) is -1.21. The van der Waals surface area contributed by atoms with Crippen molar-refractivity contribution < 1.29 is 17.9 Å². The van der Waals surface area contributed by atoms with Gasteiger partial charge in [-0.05, 0) is 85.8 Å². The van der Waals surface area contributed by atoms with Gasteiger partial charge in [0.05, 0.1) is 6.61 Å². The maximum absolute atomic E-state index is 15.1. The molecule has 4 heteroatoms. The monoisotopic (exact) mass is 478 g/mol. The summed E-state index contributed by atoms with van der Waals surface area (Å²) in [7, 11) is 0. The SMILES string of the molecule is CC=CC1CCC(c2ccc(-c3ccc(-c4ccc(OCCCC)c(F)c4F)cc3)c(F)c2)CC1. The van der Waals surface area contributed by atoms with Crippen LogP contribution in [0, 0.1) is 23.4 Å². The number of benzene rings is 3. The Balaban J connectivity index is 1.49. The van der Waals surface area contributed by atoms with E-state index in [1.165, 1.54) is 12.1 Å². The summed E-state index contributed by atoms with van der Waals surface area (Å²) in [6.07, 6.45) is 10.5. The molecule has 0 amide bonds. The van der Waals surface area contributed by atoms with Crippen LogP contribution in [-0.2, 0) is 0 Å². The molecule has 0 heterocycles. The first-order chi connectivity index (χ1) is 17.0. The van der Waals surface area contributed by atoms with Crippen molar-refractivity contribution in [1.29, 1.82) is 0 Å². The molecule has 1 nitrogen and oxygen atoms in total. The van der Waals surface area contributed by atoms with Crippen LogP contribution in [0.1, 0.15) is 63.9 Å². The third-order valence-corrected chi connectivity index (χ3v) is 7.01. The highest BCUT2D eigenvalue weighted by Gasteiger charge is 2.22. The molecule has 3 aromatic rings. The molecule has 0 aliphatic heterocycles. The van der Waals surface area contributed by atoms with E-state index in [9.17, 15) is 8.78 Å². The minimum atomic E-state index is -0.982. The van der Waals surface area contributed by atoms with Crippen LogP contribution in [0.2, 0.25) is 0 Å². The Kier molecular flexibility index (Phi) is 8.33. The average Bonchev–Trinajstić information content (AvgIpc) is 2.88. The van der Waals surface area contributed by atoms with Crippen LogP contribution in [0.5, 0.6) is 5.75 Å². The largest absolute Gasteiger partial charge is 0.490 e. The van der Waals surface area contributed by atoms with E-state index in [0.717, 1.165) is 44.1 Å². The van der Waals surface area contributed by atoms with Crippen molar-refractivity contribution >= 4 is 0 Å². The van der Waals surface area contributed by atoms with E-state index in [2.05, 4.69) is 19.1 Å². The molecule has 3 aromatic carbocycles. The van der Waals surface area contributed by atoms with Crippen LogP contribution >= 0.6 is 0 Å². The number of rotatable bonds is 8. The highest BCUT2D eigenvalue weighted by Crippen LogP contribution is 2.38. The second-order valence-electron chi connectivity index (χ2n) is 9.40. The molecule has 184 valence electrons. The number of hydrogen-bond donors (Lipinski definition) is 0. The van der Waals surface area contributed by atoms with Gasteiger partial charge in [-0.15, -0.1) is 0 Å². The quantitative estimate of drug-likeness (QED) is 0.231. The van der Waals surface area contributed by atoms with E-state index in [4.69, 9.17) is 4.74 Å². The first-order valence-corrected chi connectivity index (χ1v) is 12.7. The lowest BCUT2D eigenvalue weighted by Crippen LogP contribution is -2.12. The molecule has 0 aromatic heterocycles. The molecular formula is C31H33F3O. The van der Waals surface area contributed by atoms with E-state index >= 15 is 4.39 Å². The second-order valence-corrected chi connectivity index (χ2v) is 9.40. The molecule has 0 unspecified atom stereocenters. The summed E-state index contributed by atoms with van der Waals surface area (Å²) < 4.78 is 49.6. The highest BCUT2D eigenvalue weighted by molar-refractivity contribution is 5.71. The zero-order valence-corrected chi connectivity index (χ0v) is 20.5. The lowest BCUT2D eigenvalue weighted by molar-refractivity contribution is 0.289.